The number of para-hydroxylation sites is 1. The lowest BCUT2D eigenvalue weighted by Gasteiger charge is -2.34. The Morgan fingerprint density at radius 3 is 2.36 bits per heavy atom. The fourth-order valence-electron chi connectivity index (χ4n) is 3.46. The number of carbonyl (C=O) groups is 1. The first-order valence-electron chi connectivity index (χ1n) is 8.88. The van der Waals surface area contributed by atoms with Crippen LogP contribution in [0.15, 0.2) is 48.9 Å². The van der Waals surface area contributed by atoms with E-state index in [-0.39, 0.29) is 32.1 Å². The Balaban J connectivity index is 1.59. The van der Waals surface area contributed by atoms with Crippen molar-refractivity contribution in [2.24, 2.45) is 0 Å². The Morgan fingerprint density at radius 2 is 1.68 bits per heavy atom. The SMILES string of the molecule is O=C(c1cn(-c2ncccn2)c2ccccc12)N1CCN(CC(F)(F)F)CC1. The van der Waals surface area contributed by atoms with E-state index in [1.165, 1.54) is 4.90 Å². The van der Waals surface area contributed by atoms with Gasteiger partial charge in [-0.2, -0.15) is 13.2 Å². The number of piperazine rings is 1. The van der Waals surface area contributed by atoms with Crippen molar-refractivity contribution in [1.29, 1.82) is 0 Å². The minimum absolute atomic E-state index is 0.197. The van der Waals surface area contributed by atoms with Crippen molar-refractivity contribution in [3.8, 4) is 5.95 Å². The zero-order chi connectivity index (χ0) is 19.7. The summed E-state index contributed by atoms with van der Waals surface area (Å²) in [6.45, 7) is -0.0242. The Morgan fingerprint density at radius 1 is 1.00 bits per heavy atom. The largest absolute Gasteiger partial charge is 0.401 e. The van der Waals surface area contributed by atoms with E-state index in [1.807, 2.05) is 24.3 Å². The number of alkyl halides is 3. The molecule has 1 aliphatic heterocycles. The molecule has 0 radical (unpaired) electrons. The van der Waals surface area contributed by atoms with Crippen molar-refractivity contribution in [1.82, 2.24) is 24.3 Å². The molecule has 3 heterocycles. The van der Waals surface area contributed by atoms with Crippen molar-refractivity contribution in [3.05, 3.63) is 54.5 Å². The minimum Gasteiger partial charge on any atom is -0.336 e. The van der Waals surface area contributed by atoms with Gasteiger partial charge in [-0.3, -0.25) is 14.3 Å². The van der Waals surface area contributed by atoms with Gasteiger partial charge < -0.3 is 4.90 Å². The van der Waals surface area contributed by atoms with E-state index in [0.29, 0.717) is 11.5 Å². The molecule has 9 heteroatoms. The maximum atomic E-state index is 13.1. The standard InChI is InChI=1S/C19H18F3N5O/c20-19(21,22)13-25-8-10-26(11-9-25)17(28)15-12-27(18-23-6-3-7-24-18)16-5-2-1-4-14(15)16/h1-7,12H,8-11,13H2. The molecule has 0 spiro atoms. The van der Waals surface area contributed by atoms with Crippen LogP contribution in [0, 0.1) is 0 Å². The predicted molar refractivity (Wildman–Crippen MR) is 97.3 cm³/mol. The maximum absolute atomic E-state index is 13.1. The molecule has 146 valence electrons. The van der Waals surface area contributed by atoms with E-state index in [0.717, 1.165) is 10.9 Å². The van der Waals surface area contributed by atoms with E-state index in [4.69, 9.17) is 0 Å². The second-order valence-electron chi connectivity index (χ2n) is 6.66. The number of rotatable bonds is 3. The number of hydrogen-bond donors (Lipinski definition) is 0. The van der Waals surface area contributed by atoms with Crippen molar-refractivity contribution >= 4 is 16.8 Å². The quantitative estimate of drug-likeness (QED) is 0.691. The lowest BCUT2D eigenvalue weighted by atomic mass is 10.1. The molecule has 0 unspecified atom stereocenters. The fraction of sp³-hybridized carbons (Fsp3) is 0.316. The van der Waals surface area contributed by atoms with Gasteiger partial charge in [0.1, 0.15) is 0 Å². The van der Waals surface area contributed by atoms with E-state index >= 15 is 0 Å². The lowest BCUT2D eigenvalue weighted by molar-refractivity contribution is -0.148. The molecule has 3 aromatic rings. The Labute approximate surface area is 159 Å². The number of amides is 1. The molecule has 1 saturated heterocycles. The highest BCUT2D eigenvalue weighted by Crippen LogP contribution is 2.25. The topological polar surface area (TPSA) is 54.3 Å². The van der Waals surface area contributed by atoms with Crippen LogP contribution in [0.25, 0.3) is 16.9 Å². The summed E-state index contributed by atoms with van der Waals surface area (Å²) in [5.41, 5.74) is 1.29. The Kier molecular flexibility index (Phi) is 4.76. The van der Waals surface area contributed by atoms with Gasteiger partial charge >= 0.3 is 6.18 Å². The Hall–Kier alpha value is -2.94. The predicted octanol–water partition coefficient (Wildman–Crippen LogP) is 2.74. The van der Waals surface area contributed by atoms with Gasteiger partial charge in [0, 0.05) is 50.2 Å². The summed E-state index contributed by atoms with van der Waals surface area (Å²) in [6.07, 6.45) is 0.719. The molecule has 1 aliphatic rings. The van der Waals surface area contributed by atoms with Gasteiger partial charge in [-0.25, -0.2) is 9.97 Å². The summed E-state index contributed by atoms with van der Waals surface area (Å²) in [4.78, 5) is 24.5. The van der Waals surface area contributed by atoms with Crippen LogP contribution in [0.5, 0.6) is 0 Å². The highest BCUT2D eigenvalue weighted by Gasteiger charge is 2.33. The molecule has 6 nitrogen and oxygen atoms in total. The van der Waals surface area contributed by atoms with E-state index in [9.17, 15) is 18.0 Å². The normalized spacial score (nSPS) is 15.9. The van der Waals surface area contributed by atoms with Gasteiger partial charge in [0.25, 0.3) is 5.91 Å². The van der Waals surface area contributed by atoms with Gasteiger partial charge in [0.05, 0.1) is 17.6 Å². The first-order valence-corrected chi connectivity index (χ1v) is 8.88. The first-order chi connectivity index (χ1) is 13.4. The van der Waals surface area contributed by atoms with E-state index in [2.05, 4.69) is 9.97 Å². The van der Waals surface area contributed by atoms with Crippen molar-refractivity contribution in [2.45, 2.75) is 6.18 Å². The number of carbonyl (C=O) groups excluding carboxylic acids is 1. The number of hydrogen-bond acceptors (Lipinski definition) is 4. The second kappa shape index (κ2) is 7.23. The number of halogens is 3. The number of aromatic nitrogens is 3. The molecular formula is C19H18F3N5O. The number of benzene rings is 1. The first kappa shape index (κ1) is 18.4. The zero-order valence-electron chi connectivity index (χ0n) is 14.9. The average Bonchev–Trinajstić information content (AvgIpc) is 3.07. The fourth-order valence-corrected chi connectivity index (χ4v) is 3.46. The molecule has 1 fully saturated rings. The monoisotopic (exact) mass is 389 g/mol. The van der Waals surface area contributed by atoms with Crippen LogP contribution in [0.4, 0.5) is 13.2 Å². The molecule has 1 aromatic carbocycles. The molecule has 0 atom stereocenters. The Bertz CT molecular complexity index is 978. The van der Waals surface area contributed by atoms with Crippen molar-refractivity contribution in [3.63, 3.8) is 0 Å². The summed E-state index contributed by atoms with van der Waals surface area (Å²) >= 11 is 0. The molecule has 0 bridgehead atoms. The van der Waals surface area contributed by atoms with Gasteiger partial charge in [-0.05, 0) is 12.1 Å². The van der Waals surface area contributed by atoms with Gasteiger partial charge in [-0.1, -0.05) is 18.2 Å². The van der Waals surface area contributed by atoms with Crippen molar-refractivity contribution in [2.75, 3.05) is 32.7 Å². The summed E-state index contributed by atoms with van der Waals surface area (Å²) in [5.74, 6) is 0.255. The minimum atomic E-state index is -4.23. The smallest absolute Gasteiger partial charge is 0.336 e. The third kappa shape index (κ3) is 3.70. The summed E-state index contributed by atoms with van der Waals surface area (Å²) in [7, 11) is 0. The van der Waals surface area contributed by atoms with Crippen LogP contribution in [0.2, 0.25) is 0 Å². The maximum Gasteiger partial charge on any atom is 0.401 e. The molecule has 0 N–H and O–H groups in total. The summed E-state index contributed by atoms with van der Waals surface area (Å²) < 4.78 is 39.4. The van der Waals surface area contributed by atoms with Gasteiger partial charge in [0.2, 0.25) is 5.95 Å². The molecule has 4 rings (SSSR count). The van der Waals surface area contributed by atoms with E-state index in [1.54, 1.807) is 34.1 Å². The summed E-state index contributed by atoms with van der Waals surface area (Å²) in [5, 5.41) is 0.762. The molecule has 1 amide bonds. The molecular weight excluding hydrogens is 371 g/mol. The van der Waals surface area contributed by atoms with Crippen LogP contribution >= 0.6 is 0 Å². The molecule has 0 aliphatic carbocycles. The molecule has 0 saturated carbocycles. The van der Waals surface area contributed by atoms with Gasteiger partial charge in [0.15, 0.2) is 0 Å². The highest BCUT2D eigenvalue weighted by molar-refractivity contribution is 6.07. The number of nitrogens with zero attached hydrogens (tertiary/aromatic N) is 5. The van der Waals surface area contributed by atoms with E-state index < -0.39 is 12.7 Å². The lowest BCUT2D eigenvalue weighted by Crippen LogP contribution is -2.50. The number of fused-ring (bicyclic) bond motifs is 1. The van der Waals surface area contributed by atoms with Gasteiger partial charge in [-0.15, -0.1) is 0 Å². The second-order valence-corrected chi connectivity index (χ2v) is 6.66. The van der Waals surface area contributed by atoms with Crippen LogP contribution in [-0.4, -0.2) is 69.1 Å². The van der Waals surface area contributed by atoms with Crippen LogP contribution in [0.3, 0.4) is 0 Å². The highest BCUT2D eigenvalue weighted by atomic mass is 19.4. The van der Waals surface area contributed by atoms with Crippen LogP contribution in [0.1, 0.15) is 10.4 Å². The van der Waals surface area contributed by atoms with Crippen LogP contribution in [-0.2, 0) is 0 Å². The average molecular weight is 389 g/mol. The third-order valence-corrected chi connectivity index (χ3v) is 4.77. The third-order valence-electron chi connectivity index (χ3n) is 4.77. The zero-order valence-corrected chi connectivity index (χ0v) is 14.9. The summed E-state index contributed by atoms with van der Waals surface area (Å²) in [6, 6.07) is 9.15. The van der Waals surface area contributed by atoms with Crippen LogP contribution < -0.4 is 0 Å². The molecule has 2 aromatic heterocycles. The molecule has 28 heavy (non-hydrogen) atoms. The van der Waals surface area contributed by atoms with Crippen molar-refractivity contribution < 1.29 is 18.0 Å².